The van der Waals surface area contributed by atoms with Crippen molar-refractivity contribution in [2.45, 2.75) is 32.0 Å². The number of hydrogen-bond donors (Lipinski definition) is 2. The molecule has 1 aliphatic carbocycles. The normalized spacial score (nSPS) is 19.3. The fraction of sp³-hybridized carbons (Fsp3) is 0.889. The predicted molar refractivity (Wildman–Crippen MR) is 51.7 cm³/mol. The number of nitrogens with two attached hydrogens (primary N) is 1. The summed E-state index contributed by atoms with van der Waals surface area (Å²) >= 11 is 0. The average Bonchev–Trinajstić information content (AvgIpc) is 2.86. The molecule has 1 saturated carbocycles. The van der Waals surface area contributed by atoms with Crippen LogP contribution in [0.3, 0.4) is 0 Å². The number of halogens is 3. The van der Waals surface area contributed by atoms with E-state index < -0.39 is 17.9 Å². The van der Waals surface area contributed by atoms with Gasteiger partial charge in [0.05, 0.1) is 0 Å². The summed E-state index contributed by atoms with van der Waals surface area (Å²) in [4.78, 5) is 1.75. The molecule has 0 aromatic heterocycles. The first-order valence-electron chi connectivity index (χ1n) is 5.01. The lowest BCUT2D eigenvalue weighted by molar-refractivity contribution is -0.160. The van der Waals surface area contributed by atoms with Gasteiger partial charge in [-0.1, -0.05) is 6.92 Å². The lowest BCUT2D eigenvalue weighted by Gasteiger charge is -2.27. The van der Waals surface area contributed by atoms with Crippen LogP contribution in [0.15, 0.2) is 0 Å². The summed E-state index contributed by atoms with van der Waals surface area (Å²) in [5.41, 5.74) is 4.98. The van der Waals surface area contributed by atoms with Crippen LogP contribution < -0.4 is 5.73 Å². The minimum atomic E-state index is -4.41. The largest absolute Gasteiger partial charge is 0.399 e. The number of hydrogen-bond acceptors (Lipinski definition) is 2. The maximum atomic E-state index is 12.5. The van der Waals surface area contributed by atoms with Crippen molar-refractivity contribution in [3.05, 3.63) is 0 Å². The minimum absolute atomic E-state index is 0.181. The molecule has 0 spiro atoms. The van der Waals surface area contributed by atoms with E-state index in [1.807, 2.05) is 6.92 Å². The van der Waals surface area contributed by atoms with Gasteiger partial charge in [-0.15, -0.1) is 0 Å². The lowest BCUT2D eigenvalue weighted by Crippen LogP contribution is -2.44. The van der Waals surface area contributed by atoms with Crippen LogP contribution in [0.25, 0.3) is 0 Å². The van der Waals surface area contributed by atoms with Crippen molar-refractivity contribution < 1.29 is 13.2 Å². The Kier molecular flexibility index (Phi) is 3.59. The van der Waals surface area contributed by atoms with Gasteiger partial charge in [-0.05, 0) is 19.4 Å². The van der Waals surface area contributed by atoms with Crippen molar-refractivity contribution in [3.63, 3.8) is 0 Å². The Labute approximate surface area is 86.9 Å². The fourth-order valence-corrected chi connectivity index (χ4v) is 1.59. The second-order valence-corrected chi connectivity index (χ2v) is 3.87. The van der Waals surface area contributed by atoms with E-state index >= 15 is 0 Å². The van der Waals surface area contributed by atoms with Gasteiger partial charge in [-0.2, -0.15) is 13.2 Å². The highest BCUT2D eigenvalue weighted by atomic mass is 19.4. The van der Waals surface area contributed by atoms with E-state index in [-0.39, 0.29) is 12.6 Å². The quantitative estimate of drug-likeness (QED) is 0.549. The average molecular weight is 223 g/mol. The molecule has 0 aliphatic heterocycles. The van der Waals surface area contributed by atoms with E-state index in [1.54, 1.807) is 4.90 Å². The molecular formula is C9H16F3N3. The first-order chi connectivity index (χ1) is 6.86. The van der Waals surface area contributed by atoms with Crippen molar-refractivity contribution in [1.29, 1.82) is 5.41 Å². The highest BCUT2D eigenvalue weighted by molar-refractivity contribution is 5.80. The lowest BCUT2D eigenvalue weighted by atomic mass is 10.1. The molecule has 0 bridgehead atoms. The summed E-state index contributed by atoms with van der Waals surface area (Å²) in [6.45, 7) is 2.22. The molecular weight excluding hydrogens is 207 g/mol. The third-order valence-corrected chi connectivity index (χ3v) is 2.66. The molecule has 0 saturated heterocycles. The summed E-state index contributed by atoms with van der Waals surface area (Å²) in [6.07, 6.45) is -2.50. The van der Waals surface area contributed by atoms with Crippen LogP contribution in [-0.2, 0) is 0 Å². The van der Waals surface area contributed by atoms with Crippen molar-refractivity contribution in [3.8, 4) is 0 Å². The van der Waals surface area contributed by atoms with Crippen molar-refractivity contribution in [2.24, 2.45) is 11.7 Å². The molecule has 1 fully saturated rings. The third-order valence-electron chi connectivity index (χ3n) is 2.66. The van der Waals surface area contributed by atoms with E-state index in [0.29, 0.717) is 6.54 Å². The van der Waals surface area contributed by atoms with Gasteiger partial charge in [0.25, 0.3) is 0 Å². The zero-order valence-electron chi connectivity index (χ0n) is 8.64. The Morgan fingerprint density at radius 1 is 1.53 bits per heavy atom. The van der Waals surface area contributed by atoms with Crippen molar-refractivity contribution >= 4 is 5.84 Å². The first kappa shape index (κ1) is 12.3. The molecule has 1 rings (SSSR count). The Morgan fingerprint density at radius 2 is 2.07 bits per heavy atom. The summed E-state index contributed by atoms with van der Waals surface area (Å²) in [6, 6.07) is 0.263. The second-order valence-electron chi connectivity index (χ2n) is 3.87. The monoisotopic (exact) mass is 223 g/mol. The molecule has 6 heteroatoms. The van der Waals surface area contributed by atoms with Crippen LogP contribution in [0.2, 0.25) is 0 Å². The Hall–Kier alpha value is -0.780. The van der Waals surface area contributed by atoms with Gasteiger partial charge < -0.3 is 5.73 Å². The molecule has 15 heavy (non-hydrogen) atoms. The van der Waals surface area contributed by atoms with Gasteiger partial charge in [-0.25, -0.2) is 0 Å². The number of nitrogens with one attached hydrogen (secondary N) is 1. The summed E-state index contributed by atoms with van der Waals surface area (Å²) in [5, 5.41) is 6.97. The SMILES string of the molecule is CCN(CC(C(=N)N)C(F)(F)F)C1CC1. The fourth-order valence-electron chi connectivity index (χ4n) is 1.59. The molecule has 88 valence electrons. The number of rotatable bonds is 5. The zero-order chi connectivity index (χ0) is 11.6. The Balaban J connectivity index is 2.60. The standard InChI is InChI=1S/C9H16F3N3/c1-2-15(6-3-4-6)5-7(8(13)14)9(10,11)12/h6-7H,2-5H2,1H3,(H3,13,14). The van der Waals surface area contributed by atoms with E-state index in [4.69, 9.17) is 11.1 Å². The van der Waals surface area contributed by atoms with Crippen LogP contribution in [0.1, 0.15) is 19.8 Å². The van der Waals surface area contributed by atoms with Gasteiger partial charge in [0, 0.05) is 12.6 Å². The number of amidine groups is 1. The van der Waals surface area contributed by atoms with Crippen LogP contribution in [-0.4, -0.2) is 36.0 Å². The van der Waals surface area contributed by atoms with Gasteiger partial charge >= 0.3 is 6.18 Å². The highest BCUT2D eigenvalue weighted by Gasteiger charge is 2.44. The molecule has 1 aliphatic rings. The predicted octanol–water partition coefficient (Wildman–Crippen LogP) is 1.59. The van der Waals surface area contributed by atoms with Crippen LogP contribution in [0, 0.1) is 11.3 Å². The summed E-state index contributed by atoms with van der Waals surface area (Å²) in [7, 11) is 0. The number of nitrogens with zero attached hydrogens (tertiary/aromatic N) is 1. The number of alkyl halides is 3. The van der Waals surface area contributed by atoms with E-state index in [0.717, 1.165) is 12.8 Å². The van der Waals surface area contributed by atoms with Gasteiger partial charge in [0.1, 0.15) is 11.8 Å². The Bertz CT molecular complexity index is 235. The minimum Gasteiger partial charge on any atom is -0.387 e. The van der Waals surface area contributed by atoms with Crippen LogP contribution in [0.5, 0.6) is 0 Å². The van der Waals surface area contributed by atoms with Crippen molar-refractivity contribution in [2.75, 3.05) is 13.1 Å². The molecule has 1 atom stereocenters. The third kappa shape index (κ3) is 3.37. The molecule has 3 N–H and O–H groups in total. The van der Waals surface area contributed by atoms with Gasteiger partial charge in [0.2, 0.25) is 0 Å². The topological polar surface area (TPSA) is 53.1 Å². The smallest absolute Gasteiger partial charge is 0.387 e. The van der Waals surface area contributed by atoms with E-state index in [9.17, 15) is 13.2 Å². The van der Waals surface area contributed by atoms with E-state index in [2.05, 4.69) is 0 Å². The molecule has 0 aromatic rings. The van der Waals surface area contributed by atoms with Crippen molar-refractivity contribution in [1.82, 2.24) is 4.90 Å². The molecule has 0 amide bonds. The van der Waals surface area contributed by atoms with Gasteiger partial charge in [-0.3, -0.25) is 10.3 Å². The first-order valence-corrected chi connectivity index (χ1v) is 5.01. The maximum Gasteiger partial charge on any atom is 0.399 e. The molecule has 0 aromatic carbocycles. The van der Waals surface area contributed by atoms with Gasteiger partial charge in [0.15, 0.2) is 0 Å². The zero-order valence-corrected chi connectivity index (χ0v) is 8.64. The summed E-state index contributed by atoms with van der Waals surface area (Å²) < 4.78 is 37.5. The Morgan fingerprint density at radius 3 is 2.33 bits per heavy atom. The molecule has 3 nitrogen and oxygen atoms in total. The second kappa shape index (κ2) is 4.38. The molecule has 0 radical (unpaired) electrons. The van der Waals surface area contributed by atoms with Crippen LogP contribution in [0.4, 0.5) is 13.2 Å². The summed E-state index contributed by atoms with van der Waals surface area (Å²) in [5.74, 6) is -2.61. The molecule has 0 heterocycles. The van der Waals surface area contributed by atoms with Crippen LogP contribution >= 0.6 is 0 Å². The van der Waals surface area contributed by atoms with E-state index in [1.165, 1.54) is 0 Å². The molecule has 1 unspecified atom stereocenters. The highest BCUT2D eigenvalue weighted by Crippen LogP contribution is 2.32. The maximum absolute atomic E-state index is 12.5.